The maximum absolute atomic E-state index is 12.1. The van der Waals surface area contributed by atoms with Gasteiger partial charge in [-0.3, -0.25) is 4.79 Å². The zero-order valence-corrected chi connectivity index (χ0v) is 14.1. The molecule has 0 atom stereocenters. The van der Waals surface area contributed by atoms with Gasteiger partial charge in [0.2, 0.25) is 0 Å². The van der Waals surface area contributed by atoms with Crippen LogP contribution in [0.2, 0.25) is 0 Å². The Labute approximate surface area is 135 Å². The molecule has 0 unspecified atom stereocenters. The minimum Gasteiger partial charge on any atom is -0.485 e. The molecule has 0 spiro atoms. The fourth-order valence-electron chi connectivity index (χ4n) is 2.98. The van der Waals surface area contributed by atoms with Crippen molar-refractivity contribution >= 4 is 16.8 Å². The standard InChI is InChI=1S/C19H22O4/c1-11-8-14(22-10-16(20)19(2,3)4)17-12-6-5-7-13(12)18(21)23-15(17)9-11/h8-9H,5-7,10H2,1-4H3. The fourth-order valence-corrected chi connectivity index (χ4v) is 2.98. The van der Waals surface area contributed by atoms with E-state index in [1.54, 1.807) is 0 Å². The Morgan fingerprint density at radius 1 is 1.22 bits per heavy atom. The molecule has 122 valence electrons. The summed E-state index contributed by atoms with van der Waals surface area (Å²) in [6.07, 6.45) is 2.55. The summed E-state index contributed by atoms with van der Waals surface area (Å²) in [4.78, 5) is 24.2. The SMILES string of the molecule is Cc1cc(OCC(=O)C(C)(C)C)c2c3c(c(=O)oc2c1)CCC3. The van der Waals surface area contributed by atoms with Crippen LogP contribution in [0.3, 0.4) is 0 Å². The number of aryl methyl sites for hydroxylation is 2. The minimum atomic E-state index is -0.436. The topological polar surface area (TPSA) is 56.5 Å². The highest BCUT2D eigenvalue weighted by Crippen LogP contribution is 2.35. The predicted molar refractivity (Wildman–Crippen MR) is 89.2 cm³/mol. The fraction of sp³-hybridized carbons (Fsp3) is 0.474. The second-order valence-electron chi connectivity index (χ2n) is 7.30. The van der Waals surface area contributed by atoms with Gasteiger partial charge in [-0.15, -0.1) is 0 Å². The lowest BCUT2D eigenvalue weighted by atomic mass is 9.91. The Kier molecular flexibility index (Phi) is 3.78. The molecule has 1 aromatic carbocycles. The highest BCUT2D eigenvalue weighted by Gasteiger charge is 2.25. The molecule has 1 aliphatic rings. The largest absolute Gasteiger partial charge is 0.485 e. The monoisotopic (exact) mass is 314 g/mol. The van der Waals surface area contributed by atoms with Gasteiger partial charge in [-0.1, -0.05) is 20.8 Å². The molecule has 0 amide bonds. The van der Waals surface area contributed by atoms with Crippen molar-refractivity contribution < 1.29 is 13.9 Å². The summed E-state index contributed by atoms with van der Waals surface area (Å²) in [6.45, 7) is 7.58. The van der Waals surface area contributed by atoms with Crippen molar-refractivity contribution in [3.63, 3.8) is 0 Å². The summed E-state index contributed by atoms with van der Waals surface area (Å²) in [7, 11) is 0. The van der Waals surface area contributed by atoms with Crippen LogP contribution < -0.4 is 10.4 Å². The van der Waals surface area contributed by atoms with Gasteiger partial charge in [0.05, 0.1) is 5.39 Å². The van der Waals surface area contributed by atoms with E-state index in [0.717, 1.165) is 41.3 Å². The molecule has 3 rings (SSSR count). The first-order valence-electron chi connectivity index (χ1n) is 8.02. The highest BCUT2D eigenvalue weighted by molar-refractivity contribution is 5.90. The zero-order chi connectivity index (χ0) is 16.8. The van der Waals surface area contributed by atoms with Gasteiger partial charge in [-0.2, -0.15) is 0 Å². The minimum absolute atomic E-state index is 0.0238. The van der Waals surface area contributed by atoms with Gasteiger partial charge in [0, 0.05) is 11.0 Å². The number of carbonyl (C=O) groups excluding carboxylic acids is 1. The van der Waals surface area contributed by atoms with Crippen molar-refractivity contribution in [1.29, 1.82) is 0 Å². The van der Waals surface area contributed by atoms with Crippen LogP contribution in [0.1, 0.15) is 43.9 Å². The molecular weight excluding hydrogens is 292 g/mol. The van der Waals surface area contributed by atoms with E-state index in [4.69, 9.17) is 9.15 Å². The number of hydrogen-bond donors (Lipinski definition) is 0. The number of Topliss-reactive ketones (excluding diaryl/α,β-unsaturated/α-hetero) is 1. The van der Waals surface area contributed by atoms with Crippen LogP contribution in [0.4, 0.5) is 0 Å². The molecule has 2 aromatic rings. The average molecular weight is 314 g/mol. The van der Waals surface area contributed by atoms with E-state index in [1.165, 1.54) is 0 Å². The van der Waals surface area contributed by atoms with E-state index in [9.17, 15) is 9.59 Å². The van der Waals surface area contributed by atoms with E-state index < -0.39 is 5.41 Å². The molecule has 0 radical (unpaired) electrons. The van der Waals surface area contributed by atoms with Gasteiger partial charge in [0.25, 0.3) is 0 Å². The van der Waals surface area contributed by atoms with Crippen LogP contribution in [-0.4, -0.2) is 12.4 Å². The third-order valence-corrected chi connectivity index (χ3v) is 4.37. The van der Waals surface area contributed by atoms with Crippen molar-refractivity contribution in [2.75, 3.05) is 6.61 Å². The lowest BCUT2D eigenvalue weighted by Crippen LogP contribution is -2.26. The Morgan fingerprint density at radius 3 is 2.61 bits per heavy atom. The molecule has 0 saturated carbocycles. The summed E-state index contributed by atoms with van der Waals surface area (Å²) in [5, 5.41) is 0.851. The van der Waals surface area contributed by atoms with E-state index >= 15 is 0 Å². The van der Waals surface area contributed by atoms with Crippen LogP contribution in [0.5, 0.6) is 5.75 Å². The van der Waals surface area contributed by atoms with Crippen molar-refractivity contribution in [3.8, 4) is 5.75 Å². The molecule has 4 nitrogen and oxygen atoms in total. The molecule has 0 fully saturated rings. The van der Waals surface area contributed by atoms with Crippen molar-refractivity contribution in [2.24, 2.45) is 5.41 Å². The normalized spacial score (nSPS) is 14.1. The van der Waals surface area contributed by atoms with E-state index in [0.29, 0.717) is 11.3 Å². The summed E-state index contributed by atoms with van der Waals surface area (Å²) in [6, 6.07) is 3.77. The van der Waals surface area contributed by atoms with Crippen LogP contribution in [-0.2, 0) is 17.6 Å². The first-order valence-corrected chi connectivity index (χ1v) is 8.02. The Morgan fingerprint density at radius 2 is 1.91 bits per heavy atom. The molecular formula is C19H22O4. The zero-order valence-electron chi connectivity index (χ0n) is 14.1. The van der Waals surface area contributed by atoms with Gasteiger partial charge in [0.15, 0.2) is 5.78 Å². The van der Waals surface area contributed by atoms with Crippen LogP contribution >= 0.6 is 0 Å². The third kappa shape index (κ3) is 2.90. The summed E-state index contributed by atoms with van der Waals surface area (Å²) >= 11 is 0. The van der Waals surface area contributed by atoms with Crippen molar-refractivity contribution in [3.05, 3.63) is 39.2 Å². The highest BCUT2D eigenvalue weighted by atomic mass is 16.5. The van der Waals surface area contributed by atoms with E-state index in [2.05, 4.69) is 0 Å². The second kappa shape index (κ2) is 5.52. The maximum atomic E-state index is 12.1. The first-order chi connectivity index (χ1) is 10.8. The van der Waals surface area contributed by atoms with Gasteiger partial charge >= 0.3 is 5.63 Å². The molecule has 1 heterocycles. The van der Waals surface area contributed by atoms with Crippen molar-refractivity contribution in [1.82, 2.24) is 0 Å². The van der Waals surface area contributed by atoms with E-state index in [1.807, 2.05) is 39.8 Å². The predicted octanol–water partition coefficient (Wildman–Crippen LogP) is 3.58. The van der Waals surface area contributed by atoms with E-state index in [-0.39, 0.29) is 18.0 Å². The van der Waals surface area contributed by atoms with Crippen LogP contribution in [0.15, 0.2) is 21.3 Å². The number of ether oxygens (including phenoxy) is 1. The maximum Gasteiger partial charge on any atom is 0.339 e. The van der Waals surface area contributed by atoms with Gasteiger partial charge in [-0.25, -0.2) is 4.79 Å². The Balaban J connectivity index is 2.08. The van der Waals surface area contributed by atoms with Gasteiger partial charge < -0.3 is 9.15 Å². The quantitative estimate of drug-likeness (QED) is 0.813. The number of hydrogen-bond acceptors (Lipinski definition) is 4. The smallest absolute Gasteiger partial charge is 0.339 e. The molecule has 0 N–H and O–H groups in total. The van der Waals surface area contributed by atoms with Gasteiger partial charge in [-0.05, 0) is 49.4 Å². The molecule has 1 aromatic heterocycles. The van der Waals surface area contributed by atoms with Crippen molar-refractivity contribution in [2.45, 2.75) is 47.0 Å². The molecule has 0 saturated heterocycles. The third-order valence-electron chi connectivity index (χ3n) is 4.37. The lowest BCUT2D eigenvalue weighted by molar-refractivity contribution is -0.128. The first kappa shape index (κ1) is 15.8. The summed E-state index contributed by atoms with van der Waals surface area (Å²) in [5.41, 5.74) is 2.59. The molecule has 0 aliphatic heterocycles. The Hall–Kier alpha value is -2.10. The number of carbonyl (C=O) groups is 1. The number of benzene rings is 1. The lowest BCUT2D eigenvalue weighted by Gasteiger charge is -2.18. The van der Waals surface area contributed by atoms with Crippen LogP contribution in [0.25, 0.3) is 11.0 Å². The van der Waals surface area contributed by atoms with Crippen LogP contribution in [0, 0.1) is 12.3 Å². The number of fused-ring (bicyclic) bond motifs is 3. The molecule has 4 heteroatoms. The Bertz CT molecular complexity index is 837. The number of ketones is 1. The number of rotatable bonds is 3. The average Bonchev–Trinajstić information content (AvgIpc) is 2.92. The molecule has 0 bridgehead atoms. The second-order valence-corrected chi connectivity index (χ2v) is 7.30. The summed E-state index contributed by atoms with van der Waals surface area (Å²) in [5.74, 6) is 0.681. The van der Waals surface area contributed by atoms with Gasteiger partial charge in [0.1, 0.15) is 17.9 Å². The molecule has 23 heavy (non-hydrogen) atoms. The summed E-state index contributed by atoms with van der Waals surface area (Å²) < 4.78 is 11.3. The molecule has 1 aliphatic carbocycles.